The lowest BCUT2D eigenvalue weighted by Crippen LogP contribution is -2.40. The molecule has 1 unspecified atom stereocenters. The number of nitrogens with zero attached hydrogens (tertiary/aromatic N) is 3. The van der Waals surface area contributed by atoms with Crippen LogP contribution in [0.15, 0.2) is 54.2 Å². The van der Waals surface area contributed by atoms with Crippen LogP contribution in [0.25, 0.3) is 22.0 Å². The van der Waals surface area contributed by atoms with Crippen molar-refractivity contribution in [1.82, 2.24) is 25.4 Å². The lowest BCUT2D eigenvalue weighted by molar-refractivity contribution is -0.121. The maximum absolute atomic E-state index is 14.5. The number of anilines is 1. The first-order valence-corrected chi connectivity index (χ1v) is 20.2. The number of rotatable bonds is 18. The molecule has 0 saturated heterocycles. The van der Waals surface area contributed by atoms with E-state index in [1.54, 1.807) is 18.2 Å². The summed E-state index contributed by atoms with van der Waals surface area (Å²) < 4.78 is 116. The van der Waals surface area contributed by atoms with Crippen LogP contribution in [0.2, 0.25) is 5.02 Å². The fourth-order valence-corrected chi connectivity index (χ4v) is 6.49. The number of amides is 1. The summed E-state index contributed by atoms with van der Waals surface area (Å²) >= 11 is 9.43. The fraction of sp³-hybridized carbons (Fsp3) is 0.385. The SMILES string of the molecule is CCCSNc1nn(CC(F)F)c2c(-c3ccc(C#CC(C)(C)SC)nc3C(Cc3cc(F)cc(F)c3)NC(=O)CN/C(=C\C(=N)C(F)F)C(C)(F)F)ccc(Cl)c12. The molecule has 1 atom stereocenters. The fourth-order valence-electron chi connectivity index (χ4n) is 5.51. The third-order valence-electron chi connectivity index (χ3n) is 8.32. The van der Waals surface area contributed by atoms with Crippen LogP contribution in [-0.4, -0.2) is 68.5 Å². The van der Waals surface area contributed by atoms with Gasteiger partial charge in [0.25, 0.3) is 18.8 Å². The van der Waals surface area contributed by atoms with E-state index in [1.807, 2.05) is 27.0 Å². The van der Waals surface area contributed by atoms with E-state index >= 15 is 0 Å². The maximum Gasteiger partial charge on any atom is 0.284 e. The number of fused-ring (bicyclic) bond motifs is 1. The topological polar surface area (TPSA) is 108 Å². The number of allylic oxidation sites excluding steroid dienone is 2. The number of pyridine rings is 1. The summed E-state index contributed by atoms with van der Waals surface area (Å²) in [6, 6.07) is 7.57. The van der Waals surface area contributed by atoms with E-state index in [9.17, 15) is 39.9 Å². The third kappa shape index (κ3) is 12.5. The van der Waals surface area contributed by atoms with Gasteiger partial charge < -0.3 is 15.4 Å². The molecule has 4 N–H and O–H groups in total. The number of carbonyl (C=O) groups excluding carboxylic acids is 1. The zero-order chi connectivity index (χ0) is 42.9. The Labute approximate surface area is 344 Å². The summed E-state index contributed by atoms with van der Waals surface area (Å²) in [6.07, 6.45) is -3.69. The minimum absolute atomic E-state index is 0.0335. The van der Waals surface area contributed by atoms with E-state index in [4.69, 9.17) is 22.0 Å². The van der Waals surface area contributed by atoms with E-state index in [0.717, 1.165) is 23.2 Å². The quantitative estimate of drug-likeness (QED) is 0.0259. The molecule has 4 aromatic rings. The molecule has 0 saturated carbocycles. The van der Waals surface area contributed by atoms with Gasteiger partial charge in [0.15, 0.2) is 5.82 Å². The number of benzene rings is 2. The second-order valence-electron chi connectivity index (χ2n) is 13.4. The second-order valence-corrected chi connectivity index (χ2v) is 16.2. The second kappa shape index (κ2) is 20.0. The molecule has 2 aromatic carbocycles. The average molecular weight is 874 g/mol. The monoisotopic (exact) mass is 873 g/mol. The number of nitrogens with one attached hydrogen (secondary N) is 4. The van der Waals surface area contributed by atoms with Crippen molar-refractivity contribution in [3.05, 3.63) is 87.8 Å². The van der Waals surface area contributed by atoms with E-state index < -0.39 is 71.6 Å². The van der Waals surface area contributed by atoms with Gasteiger partial charge in [-0.15, -0.1) is 11.8 Å². The maximum atomic E-state index is 14.5. The zero-order valence-electron chi connectivity index (χ0n) is 31.9. The molecule has 0 spiro atoms. The number of thioether (sulfide) groups is 1. The molecule has 0 aliphatic rings. The highest BCUT2D eigenvalue weighted by atomic mass is 35.5. The Hall–Kier alpha value is -4.47. The lowest BCUT2D eigenvalue weighted by atomic mass is 9.93. The van der Waals surface area contributed by atoms with Crippen molar-refractivity contribution in [1.29, 1.82) is 5.41 Å². The predicted molar refractivity (Wildman–Crippen MR) is 216 cm³/mol. The number of alkyl halides is 6. The van der Waals surface area contributed by atoms with Gasteiger partial charge in [-0.1, -0.05) is 42.5 Å². The molecule has 2 aromatic heterocycles. The van der Waals surface area contributed by atoms with Gasteiger partial charge in [0.2, 0.25) is 5.91 Å². The Morgan fingerprint density at radius 1 is 1.05 bits per heavy atom. The number of aromatic nitrogens is 3. The van der Waals surface area contributed by atoms with Gasteiger partial charge in [-0.25, -0.2) is 40.1 Å². The van der Waals surface area contributed by atoms with Gasteiger partial charge in [-0.2, -0.15) is 5.10 Å². The van der Waals surface area contributed by atoms with Gasteiger partial charge >= 0.3 is 0 Å². The van der Waals surface area contributed by atoms with Gasteiger partial charge in [-0.3, -0.25) is 14.9 Å². The molecule has 0 bridgehead atoms. The molecule has 1 amide bonds. The minimum Gasteiger partial charge on any atom is -0.375 e. The molecule has 2 heterocycles. The molecule has 58 heavy (non-hydrogen) atoms. The summed E-state index contributed by atoms with van der Waals surface area (Å²) in [7, 11) is 0. The number of halogens is 9. The van der Waals surface area contributed by atoms with E-state index in [-0.39, 0.29) is 56.9 Å². The molecule has 0 aliphatic carbocycles. The number of hydrogen-bond donors (Lipinski definition) is 4. The van der Waals surface area contributed by atoms with Crippen molar-refractivity contribution in [2.24, 2.45) is 0 Å². The average Bonchev–Trinajstić information content (AvgIpc) is 3.49. The van der Waals surface area contributed by atoms with Gasteiger partial charge in [0, 0.05) is 29.9 Å². The van der Waals surface area contributed by atoms with Crippen molar-refractivity contribution in [3.63, 3.8) is 0 Å². The van der Waals surface area contributed by atoms with E-state index in [1.165, 1.54) is 29.8 Å². The lowest BCUT2D eigenvalue weighted by Gasteiger charge is -2.24. The number of carbonyl (C=O) groups is 1. The normalized spacial score (nSPS) is 12.8. The van der Waals surface area contributed by atoms with Crippen LogP contribution >= 0.6 is 35.3 Å². The summed E-state index contributed by atoms with van der Waals surface area (Å²) in [4.78, 5) is 18.4. The highest BCUT2D eigenvalue weighted by Crippen LogP contribution is 2.41. The molecular weight excluding hydrogens is 834 g/mol. The van der Waals surface area contributed by atoms with Crippen LogP contribution in [-0.2, 0) is 17.8 Å². The molecular formula is C39H40ClF8N7OS2. The predicted octanol–water partition coefficient (Wildman–Crippen LogP) is 10.1. The van der Waals surface area contributed by atoms with Crippen molar-refractivity contribution in [3.8, 4) is 23.0 Å². The highest BCUT2D eigenvalue weighted by molar-refractivity contribution is 8.00. The molecule has 8 nitrogen and oxygen atoms in total. The molecule has 19 heteroatoms. The van der Waals surface area contributed by atoms with E-state index in [2.05, 4.69) is 32.3 Å². The molecule has 0 fully saturated rings. The van der Waals surface area contributed by atoms with E-state index in [0.29, 0.717) is 24.1 Å². The minimum atomic E-state index is -3.77. The Kier molecular flexibility index (Phi) is 15.9. The van der Waals surface area contributed by atoms with Crippen LogP contribution in [0.5, 0.6) is 0 Å². The van der Waals surface area contributed by atoms with Crippen LogP contribution in [0.3, 0.4) is 0 Å². The smallest absolute Gasteiger partial charge is 0.284 e. The van der Waals surface area contributed by atoms with Crippen LogP contribution in [0.1, 0.15) is 57.1 Å². The molecule has 0 aliphatic heterocycles. The summed E-state index contributed by atoms with van der Waals surface area (Å²) in [5, 5.41) is 17.0. The van der Waals surface area contributed by atoms with Gasteiger partial charge in [-0.05, 0) is 80.8 Å². The van der Waals surface area contributed by atoms with Crippen LogP contribution < -0.4 is 15.4 Å². The highest BCUT2D eigenvalue weighted by Gasteiger charge is 2.31. The van der Waals surface area contributed by atoms with Gasteiger partial charge in [0.1, 0.15) is 23.9 Å². The summed E-state index contributed by atoms with van der Waals surface area (Å²) in [5.41, 5.74) is -1.62. The Balaban J connectivity index is 1.98. The first-order chi connectivity index (χ1) is 27.2. The van der Waals surface area contributed by atoms with Crippen molar-refractivity contribution < 1.29 is 39.9 Å². The van der Waals surface area contributed by atoms with Crippen molar-refractivity contribution in [2.45, 2.75) is 76.6 Å². The first-order valence-electron chi connectivity index (χ1n) is 17.6. The largest absolute Gasteiger partial charge is 0.375 e. The van der Waals surface area contributed by atoms with Crippen LogP contribution in [0.4, 0.5) is 40.9 Å². The summed E-state index contributed by atoms with van der Waals surface area (Å²) in [5.74, 6) is 0.329. The molecule has 0 radical (unpaired) electrons. The zero-order valence-corrected chi connectivity index (χ0v) is 34.2. The van der Waals surface area contributed by atoms with Crippen molar-refractivity contribution >= 4 is 63.7 Å². The third-order valence-corrected chi connectivity index (χ3v) is 10.7. The number of hydrogen-bond acceptors (Lipinski definition) is 8. The standard InChI is InChI=1S/C39H40ClF8N7OS2/c1-6-13-58-54-37-33-27(40)10-9-26(35(33)55(53-37)20-31(43)44)25-8-7-24(11-12-38(2,3)57-5)51-34(25)29(16-21-14-22(41)17-23(42)15-21)52-32(56)19-50-30(39(4,47)48)18-28(49)36(45)46/h7-10,14-15,17-18,29,31,36,49-50H,6,13,16,19-20H2,1-5H3,(H,52,56)(H,53,54)/b30-18-,49-28?. The van der Waals surface area contributed by atoms with Crippen LogP contribution in [0, 0.1) is 28.9 Å². The first kappa shape index (κ1) is 46.2. The Bertz CT molecular complexity index is 2200. The van der Waals surface area contributed by atoms with Gasteiger partial charge in [0.05, 0.1) is 50.4 Å². The van der Waals surface area contributed by atoms with Crippen molar-refractivity contribution in [2.75, 3.05) is 23.3 Å². The Morgan fingerprint density at radius 3 is 2.33 bits per heavy atom. The Morgan fingerprint density at radius 2 is 1.72 bits per heavy atom. The molecule has 312 valence electrons. The summed E-state index contributed by atoms with van der Waals surface area (Å²) in [6.45, 7) is 4.33. The molecule has 4 rings (SSSR count).